The lowest BCUT2D eigenvalue weighted by molar-refractivity contribution is 1.11. The summed E-state index contributed by atoms with van der Waals surface area (Å²) in [5.74, 6) is 0.794. The maximum Gasteiger partial charge on any atom is 0.115 e. The molecule has 0 radical (unpaired) electrons. The first-order valence-corrected chi connectivity index (χ1v) is 7.83. The summed E-state index contributed by atoms with van der Waals surface area (Å²) in [4.78, 5) is 8.66. The first kappa shape index (κ1) is 14.3. The zero-order chi connectivity index (χ0) is 15.2. The predicted octanol–water partition coefficient (Wildman–Crippen LogP) is 4.31. The number of hydrogen-bond acceptors (Lipinski definition) is 4. The summed E-state index contributed by atoms with van der Waals surface area (Å²) >= 11 is 1.58. The van der Waals surface area contributed by atoms with E-state index in [2.05, 4.69) is 28.2 Å². The van der Waals surface area contributed by atoms with Crippen LogP contribution in [0.1, 0.15) is 11.1 Å². The predicted molar refractivity (Wildman–Crippen MR) is 88.2 cm³/mol. The van der Waals surface area contributed by atoms with Crippen LogP contribution in [0.25, 0.3) is 11.3 Å². The molecule has 4 heteroatoms. The van der Waals surface area contributed by atoms with Crippen LogP contribution in [0.15, 0.2) is 72.0 Å². The molecule has 2 aromatic heterocycles. The number of aromatic nitrogens is 2. The Hall–Kier alpha value is -2.64. The van der Waals surface area contributed by atoms with Crippen molar-refractivity contribution < 1.29 is 0 Å². The van der Waals surface area contributed by atoms with Gasteiger partial charge >= 0.3 is 0 Å². The van der Waals surface area contributed by atoms with Crippen LogP contribution in [0, 0.1) is 11.3 Å². The van der Waals surface area contributed by atoms with E-state index in [1.165, 1.54) is 5.56 Å². The third kappa shape index (κ3) is 3.33. The second-order valence-corrected chi connectivity index (χ2v) is 5.64. The second-order valence-electron chi connectivity index (χ2n) is 4.67. The molecule has 0 saturated heterocycles. The number of thioether (sulfide) groups is 1. The largest absolute Gasteiger partial charge is 0.265 e. The van der Waals surface area contributed by atoms with Crippen molar-refractivity contribution in [3.8, 4) is 17.3 Å². The highest BCUT2D eigenvalue weighted by atomic mass is 32.2. The molecule has 0 atom stereocenters. The Bertz CT molecular complexity index is 796. The first-order chi connectivity index (χ1) is 10.9. The molecule has 0 fully saturated rings. The molecule has 0 saturated carbocycles. The monoisotopic (exact) mass is 303 g/mol. The zero-order valence-corrected chi connectivity index (χ0v) is 12.6. The van der Waals surface area contributed by atoms with E-state index >= 15 is 0 Å². The molecule has 0 aliphatic rings. The first-order valence-electron chi connectivity index (χ1n) is 6.85. The van der Waals surface area contributed by atoms with Crippen LogP contribution >= 0.6 is 11.8 Å². The Labute approximate surface area is 133 Å². The molecule has 2 heterocycles. The highest BCUT2D eigenvalue weighted by Gasteiger charge is 2.08. The molecule has 3 aromatic rings. The van der Waals surface area contributed by atoms with Crippen molar-refractivity contribution in [3.63, 3.8) is 0 Å². The molecule has 106 valence electrons. The molecule has 1 aromatic carbocycles. The van der Waals surface area contributed by atoms with E-state index in [1.54, 1.807) is 24.2 Å². The lowest BCUT2D eigenvalue weighted by Crippen LogP contribution is -1.92. The Morgan fingerprint density at radius 2 is 1.73 bits per heavy atom. The fourth-order valence-corrected chi connectivity index (χ4v) is 2.97. The summed E-state index contributed by atoms with van der Waals surface area (Å²) in [6.07, 6.45) is 3.48. The normalized spacial score (nSPS) is 10.1. The van der Waals surface area contributed by atoms with Gasteiger partial charge in [0.2, 0.25) is 0 Å². The highest BCUT2D eigenvalue weighted by Crippen LogP contribution is 2.27. The van der Waals surface area contributed by atoms with Gasteiger partial charge in [0.1, 0.15) is 11.1 Å². The lowest BCUT2D eigenvalue weighted by atomic mass is 10.1. The van der Waals surface area contributed by atoms with Crippen LogP contribution < -0.4 is 0 Å². The maximum absolute atomic E-state index is 9.26. The van der Waals surface area contributed by atoms with Crippen molar-refractivity contribution in [1.82, 2.24) is 9.97 Å². The minimum Gasteiger partial charge on any atom is -0.265 e. The fraction of sp³-hybridized carbons (Fsp3) is 0.0556. The molecule has 0 N–H and O–H groups in total. The van der Waals surface area contributed by atoms with Gasteiger partial charge in [-0.25, -0.2) is 4.98 Å². The van der Waals surface area contributed by atoms with Gasteiger partial charge in [0.25, 0.3) is 0 Å². The van der Waals surface area contributed by atoms with Gasteiger partial charge in [-0.2, -0.15) is 5.26 Å². The average molecular weight is 303 g/mol. The minimum absolute atomic E-state index is 0.610. The van der Waals surface area contributed by atoms with Crippen molar-refractivity contribution in [3.05, 3.63) is 78.1 Å². The third-order valence-electron chi connectivity index (χ3n) is 3.18. The van der Waals surface area contributed by atoms with E-state index in [-0.39, 0.29) is 0 Å². The van der Waals surface area contributed by atoms with Crippen LogP contribution in [0.2, 0.25) is 0 Å². The highest BCUT2D eigenvalue weighted by molar-refractivity contribution is 7.98. The fourth-order valence-electron chi connectivity index (χ4n) is 2.04. The summed E-state index contributed by atoms with van der Waals surface area (Å²) in [6, 6.07) is 19.9. The van der Waals surface area contributed by atoms with Crippen molar-refractivity contribution >= 4 is 11.8 Å². The van der Waals surface area contributed by atoms with Crippen molar-refractivity contribution in [1.29, 1.82) is 5.26 Å². The van der Waals surface area contributed by atoms with Crippen LogP contribution in [-0.4, -0.2) is 9.97 Å². The maximum atomic E-state index is 9.26. The standard InChI is InChI=1S/C18H13N3S/c19-12-16-6-7-17(15-8-10-20-11-9-15)21-18(16)22-13-14-4-2-1-3-5-14/h1-11H,13H2. The number of rotatable bonds is 4. The van der Waals surface area contributed by atoms with Crippen LogP contribution in [0.5, 0.6) is 0 Å². The van der Waals surface area contributed by atoms with Gasteiger partial charge in [0.05, 0.1) is 11.3 Å². The van der Waals surface area contributed by atoms with Gasteiger partial charge in [-0.3, -0.25) is 4.98 Å². The molecule has 0 bridgehead atoms. The molecule has 3 nitrogen and oxygen atoms in total. The van der Waals surface area contributed by atoms with Gasteiger partial charge < -0.3 is 0 Å². The number of hydrogen-bond donors (Lipinski definition) is 0. The van der Waals surface area contributed by atoms with E-state index in [0.29, 0.717) is 5.56 Å². The van der Waals surface area contributed by atoms with Gasteiger partial charge in [0.15, 0.2) is 0 Å². The van der Waals surface area contributed by atoms with Crippen molar-refractivity contribution in [2.45, 2.75) is 10.8 Å². The van der Waals surface area contributed by atoms with E-state index in [1.807, 2.05) is 42.5 Å². The van der Waals surface area contributed by atoms with E-state index < -0.39 is 0 Å². The smallest absolute Gasteiger partial charge is 0.115 e. The molecule has 0 aliphatic heterocycles. The van der Waals surface area contributed by atoms with E-state index in [0.717, 1.165) is 22.0 Å². The van der Waals surface area contributed by atoms with Gasteiger partial charge in [-0.05, 0) is 29.8 Å². The van der Waals surface area contributed by atoms with Crippen molar-refractivity contribution in [2.75, 3.05) is 0 Å². The molecule has 0 spiro atoms. The SMILES string of the molecule is N#Cc1ccc(-c2ccncc2)nc1SCc1ccccc1. The molecule has 0 unspecified atom stereocenters. The quantitative estimate of drug-likeness (QED) is 0.674. The van der Waals surface area contributed by atoms with Gasteiger partial charge in [-0.1, -0.05) is 30.3 Å². The summed E-state index contributed by atoms with van der Waals surface area (Å²) < 4.78 is 0. The van der Waals surface area contributed by atoms with Gasteiger partial charge in [-0.15, -0.1) is 11.8 Å². The van der Waals surface area contributed by atoms with E-state index in [9.17, 15) is 5.26 Å². The Morgan fingerprint density at radius 3 is 2.45 bits per heavy atom. The molecule has 22 heavy (non-hydrogen) atoms. The summed E-state index contributed by atoms with van der Waals surface area (Å²) in [5, 5.41) is 10.0. The molecular formula is C18H13N3S. The zero-order valence-electron chi connectivity index (χ0n) is 11.8. The summed E-state index contributed by atoms with van der Waals surface area (Å²) in [6.45, 7) is 0. The Morgan fingerprint density at radius 1 is 0.955 bits per heavy atom. The number of benzene rings is 1. The van der Waals surface area contributed by atoms with Crippen molar-refractivity contribution in [2.24, 2.45) is 0 Å². The Balaban J connectivity index is 1.87. The third-order valence-corrected chi connectivity index (χ3v) is 4.24. The minimum atomic E-state index is 0.610. The van der Waals surface area contributed by atoms with E-state index in [4.69, 9.17) is 0 Å². The summed E-state index contributed by atoms with van der Waals surface area (Å²) in [7, 11) is 0. The average Bonchev–Trinajstić information content (AvgIpc) is 2.61. The topological polar surface area (TPSA) is 49.6 Å². The van der Waals surface area contributed by atoms with Crippen LogP contribution in [0.4, 0.5) is 0 Å². The number of nitriles is 1. The number of nitrogens with zero attached hydrogens (tertiary/aromatic N) is 3. The van der Waals surface area contributed by atoms with Gasteiger partial charge in [0, 0.05) is 23.7 Å². The molecule has 0 amide bonds. The second kappa shape index (κ2) is 6.88. The molecule has 3 rings (SSSR count). The Kier molecular flexibility index (Phi) is 4.47. The van der Waals surface area contributed by atoms with Crippen LogP contribution in [-0.2, 0) is 5.75 Å². The summed E-state index contributed by atoms with van der Waals surface area (Å²) in [5.41, 5.74) is 3.68. The van der Waals surface area contributed by atoms with Crippen LogP contribution in [0.3, 0.4) is 0 Å². The molecule has 0 aliphatic carbocycles. The lowest BCUT2D eigenvalue weighted by Gasteiger charge is -2.06. The number of pyridine rings is 2. The molecular weight excluding hydrogens is 290 g/mol.